The van der Waals surface area contributed by atoms with E-state index in [2.05, 4.69) is 13.9 Å². The molecule has 0 aliphatic rings. The van der Waals surface area contributed by atoms with Gasteiger partial charge in [0.25, 0.3) is 0 Å². The lowest BCUT2D eigenvalue weighted by atomic mass is 10.9. The minimum atomic E-state index is -4.07. The van der Waals surface area contributed by atoms with E-state index in [0.717, 1.165) is 0 Å². The van der Waals surface area contributed by atoms with Crippen LogP contribution in [0.3, 0.4) is 0 Å². The molecule has 0 spiro atoms. The van der Waals surface area contributed by atoms with Gasteiger partial charge >= 0.3 is 7.82 Å². The van der Waals surface area contributed by atoms with Gasteiger partial charge in [-0.05, 0) is 6.92 Å². The van der Waals surface area contributed by atoms with E-state index < -0.39 is 7.82 Å². The number of hydrogen-bond donors (Lipinski definition) is 2. The molecule has 0 amide bonds. The highest BCUT2D eigenvalue weighted by Gasteiger charge is 2.25. The van der Waals surface area contributed by atoms with Gasteiger partial charge in [-0.15, -0.1) is 9.35 Å². The van der Waals surface area contributed by atoms with Crippen LogP contribution in [0.4, 0.5) is 0 Å². The Labute approximate surface area is 51.4 Å². The zero-order valence-corrected chi connectivity index (χ0v) is 5.58. The molecule has 2 N–H and O–H groups in total. The predicted molar refractivity (Wildman–Crippen MR) is 26.7 cm³/mol. The average molecular weight is 158 g/mol. The standard InChI is InChI=1S/C2H7O6P/c1-2-6-9(5,7-3)8-4/h3-4H,2H2,1H3. The van der Waals surface area contributed by atoms with Crippen LogP contribution in [0.2, 0.25) is 0 Å². The van der Waals surface area contributed by atoms with Gasteiger partial charge < -0.3 is 0 Å². The molecule has 0 aromatic rings. The summed E-state index contributed by atoms with van der Waals surface area (Å²) >= 11 is 0. The first-order valence-electron chi connectivity index (χ1n) is 2.09. The molecular formula is C2H7O6P. The zero-order valence-electron chi connectivity index (χ0n) is 4.68. The van der Waals surface area contributed by atoms with Crippen molar-refractivity contribution in [3.05, 3.63) is 0 Å². The lowest BCUT2D eigenvalue weighted by molar-refractivity contribution is -0.227. The van der Waals surface area contributed by atoms with Crippen molar-refractivity contribution in [1.82, 2.24) is 0 Å². The molecule has 0 rings (SSSR count). The molecule has 0 aliphatic heterocycles. The summed E-state index contributed by atoms with van der Waals surface area (Å²) in [6.45, 7) is 1.49. The topological polar surface area (TPSA) is 85.2 Å². The van der Waals surface area contributed by atoms with E-state index in [-0.39, 0.29) is 6.61 Å². The van der Waals surface area contributed by atoms with Crippen LogP contribution < -0.4 is 0 Å². The fourth-order valence-electron chi connectivity index (χ4n) is 0.220. The first kappa shape index (κ1) is 9.03. The van der Waals surface area contributed by atoms with Crippen LogP contribution in [0.15, 0.2) is 0 Å². The summed E-state index contributed by atoms with van der Waals surface area (Å²) < 4.78 is 20.9. The van der Waals surface area contributed by atoms with Gasteiger partial charge in [0, 0.05) is 0 Å². The van der Waals surface area contributed by atoms with E-state index in [1.807, 2.05) is 0 Å². The molecule has 0 aromatic carbocycles. The summed E-state index contributed by atoms with van der Waals surface area (Å²) in [7, 11) is -4.07. The molecule has 0 saturated carbocycles. The fourth-order valence-corrected chi connectivity index (χ4v) is 0.660. The minimum absolute atomic E-state index is 0.00159. The molecule has 56 valence electrons. The maximum atomic E-state index is 10.4. The molecule has 0 atom stereocenters. The van der Waals surface area contributed by atoms with Crippen molar-refractivity contribution in [2.24, 2.45) is 0 Å². The molecule has 7 heteroatoms. The Morgan fingerprint density at radius 2 is 1.89 bits per heavy atom. The van der Waals surface area contributed by atoms with E-state index in [4.69, 9.17) is 10.5 Å². The number of rotatable bonds is 4. The highest BCUT2D eigenvalue weighted by Crippen LogP contribution is 2.46. The van der Waals surface area contributed by atoms with Gasteiger partial charge in [-0.3, -0.25) is 4.52 Å². The second kappa shape index (κ2) is 3.94. The zero-order chi connectivity index (χ0) is 7.33. The van der Waals surface area contributed by atoms with Gasteiger partial charge in [-0.2, -0.15) is 0 Å². The molecule has 0 saturated heterocycles. The van der Waals surface area contributed by atoms with Crippen molar-refractivity contribution in [2.45, 2.75) is 6.92 Å². The number of phosphoric acid groups is 1. The summed E-state index contributed by atoms with van der Waals surface area (Å²) in [6.07, 6.45) is 0. The predicted octanol–water partition coefficient (Wildman–Crippen LogP) is 1.11. The quantitative estimate of drug-likeness (QED) is 0.362. The largest absolute Gasteiger partial charge is 0.529 e. The Kier molecular flexibility index (Phi) is 3.96. The Morgan fingerprint density at radius 1 is 1.44 bits per heavy atom. The van der Waals surface area contributed by atoms with Crippen molar-refractivity contribution < 1.29 is 29.0 Å². The fraction of sp³-hybridized carbons (Fsp3) is 1.00. The van der Waals surface area contributed by atoms with Crippen LogP contribution in [0.5, 0.6) is 0 Å². The second-order valence-electron chi connectivity index (χ2n) is 1.03. The Hall–Kier alpha value is 0.0300. The van der Waals surface area contributed by atoms with E-state index in [1.165, 1.54) is 6.92 Å². The van der Waals surface area contributed by atoms with Crippen LogP contribution in [-0.2, 0) is 18.4 Å². The molecule has 6 nitrogen and oxygen atoms in total. The average Bonchev–Trinajstić information content (AvgIpc) is 1.89. The Balaban J connectivity index is 3.78. The molecule has 0 fully saturated rings. The maximum Gasteiger partial charge on any atom is 0.529 e. The highest BCUT2D eigenvalue weighted by atomic mass is 31.2. The summed E-state index contributed by atoms with van der Waals surface area (Å²) in [4.78, 5) is 0. The molecular weight excluding hydrogens is 151 g/mol. The summed E-state index contributed by atoms with van der Waals surface area (Å²) in [5.41, 5.74) is 0. The molecule has 0 radical (unpaired) electrons. The van der Waals surface area contributed by atoms with E-state index in [1.54, 1.807) is 0 Å². The van der Waals surface area contributed by atoms with Crippen molar-refractivity contribution in [2.75, 3.05) is 6.61 Å². The normalized spacial score (nSPS) is 11.9. The van der Waals surface area contributed by atoms with Gasteiger partial charge in [-0.25, -0.2) is 15.1 Å². The lowest BCUT2D eigenvalue weighted by Crippen LogP contribution is -1.93. The molecule has 0 aliphatic carbocycles. The summed E-state index contributed by atoms with van der Waals surface area (Å²) in [5, 5.41) is 15.5. The van der Waals surface area contributed by atoms with E-state index in [9.17, 15) is 4.57 Å². The van der Waals surface area contributed by atoms with Gasteiger partial charge in [-0.1, -0.05) is 0 Å². The maximum absolute atomic E-state index is 10.4. The van der Waals surface area contributed by atoms with Crippen molar-refractivity contribution in [3.8, 4) is 0 Å². The minimum Gasteiger partial charge on any atom is -0.284 e. The molecule has 0 unspecified atom stereocenters. The molecule has 0 aromatic heterocycles. The third-order valence-corrected chi connectivity index (χ3v) is 1.46. The van der Waals surface area contributed by atoms with Crippen molar-refractivity contribution in [3.63, 3.8) is 0 Å². The van der Waals surface area contributed by atoms with Gasteiger partial charge in [0.1, 0.15) is 0 Å². The molecule has 9 heavy (non-hydrogen) atoms. The second-order valence-corrected chi connectivity index (χ2v) is 2.51. The summed E-state index contributed by atoms with van der Waals surface area (Å²) in [5.74, 6) is 0. The molecule has 0 heterocycles. The van der Waals surface area contributed by atoms with Gasteiger partial charge in [0.2, 0.25) is 0 Å². The van der Waals surface area contributed by atoms with E-state index in [0.29, 0.717) is 0 Å². The van der Waals surface area contributed by atoms with Gasteiger partial charge in [0.05, 0.1) is 6.61 Å². The smallest absolute Gasteiger partial charge is 0.284 e. The third-order valence-electron chi connectivity index (χ3n) is 0.487. The third kappa shape index (κ3) is 2.90. The SMILES string of the molecule is CCOP(=O)(OO)OO. The summed E-state index contributed by atoms with van der Waals surface area (Å²) in [6, 6.07) is 0. The number of hydrogen-bond acceptors (Lipinski definition) is 6. The van der Waals surface area contributed by atoms with Crippen LogP contribution in [-0.4, -0.2) is 17.1 Å². The first-order chi connectivity index (χ1) is 4.18. The van der Waals surface area contributed by atoms with Crippen molar-refractivity contribution in [1.29, 1.82) is 0 Å². The Morgan fingerprint density at radius 3 is 2.00 bits per heavy atom. The van der Waals surface area contributed by atoms with E-state index >= 15 is 0 Å². The Bertz CT molecular complexity index is 104. The first-order valence-corrected chi connectivity index (χ1v) is 3.55. The molecule has 0 bridgehead atoms. The monoisotopic (exact) mass is 158 g/mol. The van der Waals surface area contributed by atoms with Crippen LogP contribution in [0.1, 0.15) is 6.92 Å². The lowest BCUT2D eigenvalue weighted by Gasteiger charge is -2.06. The van der Waals surface area contributed by atoms with Crippen LogP contribution in [0.25, 0.3) is 0 Å². The van der Waals surface area contributed by atoms with Gasteiger partial charge in [0.15, 0.2) is 0 Å². The van der Waals surface area contributed by atoms with Crippen LogP contribution in [0, 0.1) is 0 Å². The highest BCUT2D eigenvalue weighted by molar-refractivity contribution is 7.48. The van der Waals surface area contributed by atoms with Crippen LogP contribution >= 0.6 is 7.82 Å². The van der Waals surface area contributed by atoms with Crippen molar-refractivity contribution >= 4 is 7.82 Å².